The topological polar surface area (TPSA) is 75.4 Å². The molecule has 7 heteroatoms. The van der Waals surface area contributed by atoms with Gasteiger partial charge in [0, 0.05) is 24.3 Å². The number of aromatic carboxylic acids is 1. The van der Waals surface area contributed by atoms with Gasteiger partial charge in [0.15, 0.2) is 5.69 Å². The number of benzene rings is 2. The molecule has 0 saturated carbocycles. The van der Waals surface area contributed by atoms with Crippen molar-refractivity contribution >= 4 is 11.9 Å². The molecule has 2 heterocycles. The first-order valence-electron chi connectivity index (χ1n) is 10.4. The first-order valence-corrected chi connectivity index (χ1v) is 10.4. The van der Waals surface area contributed by atoms with Crippen LogP contribution in [0.15, 0.2) is 36.4 Å². The van der Waals surface area contributed by atoms with E-state index < -0.39 is 5.97 Å². The summed E-state index contributed by atoms with van der Waals surface area (Å²) in [4.78, 5) is 26.4. The Hall–Kier alpha value is -3.48. The average Bonchev–Trinajstić information content (AvgIpc) is 3.36. The number of aryl methyl sites for hydroxylation is 1. The lowest BCUT2D eigenvalue weighted by molar-refractivity contribution is 0.0696. The van der Waals surface area contributed by atoms with Crippen LogP contribution in [0.4, 0.5) is 4.39 Å². The number of nitrogens with zero attached hydrogens (tertiary/aromatic N) is 3. The lowest BCUT2D eigenvalue weighted by Crippen LogP contribution is -2.36. The van der Waals surface area contributed by atoms with Crippen LogP contribution in [-0.4, -0.2) is 38.2 Å². The highest BCUT2D eigenvalue weighted by molar-refractivity contribution is 5.94. The van der Waals surface area contributed by atoms with E-state index in [4.69, 9.17) is 0 Å². The second-order valence-electron chi connectivity index (χ2n) is 8.26. The number of carbonyl (C=O) groups is 2. The van der Waals surface area contributed by atoms with Crippen molar-refractivity contribution in [2.45, 2.75) is 39.2 Å². The number of aromatic nitrogens is 2. The van der Waals surface area contributed by atoms with Gasteiger partial charge in [-0.25, -0.2) is 13.9 Å². The maximum Gasteiger partial charge on any atom is 0.335 e. The number of rotatable bonds is 3. The van der Waals surface area contributed by atoms with E-state index in [0.29, 0.717) is 30.9 Å². The van der Waals surface area contributed by atoms with Crippen LogP contribution in [0.5, 0.6) is 0 Å². The van der Waals surface area contributed by atoms with Crippen molar-refractivity contribution in [1.29, 1.82) is 0 Å². The maximum absolute atomic E-state index is 14.6. The first-order chi connectivity index (χ1) is 14.9. The maximum atomic E-state index is 14.6. The third-order valence-electron chi connectivity index (χ3n) is 6.22. The normalized spacial score (nSPS) is 15.0. The zero-order valence-electron chi connectivity index (χ0n) is 17.2. The molecule has 1 amide bonds. The molecule has 1 aromatic heterocycles. The molecule has 31 heavy (non-hydrogen) atoms. The monoisotopic (exact) mass is 419 g/mol. The van der Waals surface area contributed by atoms with E-state index in [1.165, 1.54) is 6.07 Å². The van der Waals surface area contributed by atoms with Gasteiger partial charge in [0.25, 0.3) is 5.91 Å². The number of halogens is 1. The van der Waals surface area contributed by atoms with Crippen LogP contribution in [0, 0.1) is 12.7 Å². The molecule has 158 valence electrons. The summed E-state index contributed by atoms with van der Waals surface area (Å²) < 4.78 is 16.2. The fraction of sp³-hybridized carbons (Fsp3) is 0.292. The van der Waals surface area contributed by atoms with Crippen molar-refractivity contribution in [3.05, 3.63) is 81.4 Å². The van der Waals surface area contributed by atoms with Gasteiger partial charge in [-0.05, 0) is 73.6 Å². The Morgan fingerprint density at radius 3 is 2.68 bits per heavy atom. The third-order valence-corrected chi connectivity index (χ3v) is 6.22. The summed E-state index contributed by atoms with van der Waals surface area (Å²) in [6, 6.07) is 10.1. The lowest BCUT2D eigenvalue weighted by atomic mass is 9.97. The molecule has 1 N–H and O–H groups in total. The smallest absolute Gasteiger partial charge is 0.335 e. The Balaban J connectivity index is 1.49. The van der Waals surface area contributed by atoms with Crippen LogP contribution in [0.3, 0.4) is 0 Å². The summed E-state index contributed by atoms with van der Waals surface area (Å²) in [6.07, 6.45) is 3.08. The molecule has 1 aliphatic heterocycles. The molecule has 5 rings (SSSR count). The van der Waals surface area contributed by atoms with Crippen LogP contribution >= 0.6 is 0 Å². The Bertz CT molecular complexity index is 1230. The first kappa shape index (κ1) is 19.5. The van der Waals surface area contributed by atoms with Crippen molar-refractivity contribution in [2.24, 2.45) is 0 Å². The summed E-state index contributed by atoms with van der Waals surface area (Å²) in [5.41, 5.74) is 5.49. The number of amides is 1. The van der Waals surface area contributed by atoms with Crippen LogP contribution in [0.1, 0.15) is 55.2 Å². The molecule has 0 fully saturated rings. The molecular formula is C24H22FN3O3. The van der Waals surface area contributed by atoms with E-state index in [1.807, 2.05) is 19.1 Å². The number of fused-ring (bicyclic) bond motifs is 2. The van der Waals surface area contributed by atoms with Crippen molar-refractivity contribution in [3.8, 4) is 5.69 Å². The van der Waals surface area contributed by atoms with Crippen molar-refractivity contribution in [3.63, 3.8) is 0 Å². The molecule has 2 aliphatic rings. The summed E-state index contributed by atoms with van der Waals surface area (Å²) in [7, 11) is 0. The van der Waals surface area contributed by atoms with Gasteiger partial charge in [-0.3, -0.25) is 4.79 Å². The Labute approximate surface area is 178 Å². The fourth-order valence-electron chi connectivity index (χ4n) is 4.61. The summed E-state index contributed by atoms with van der Waals surface area (Å²) in [5, 5.41) is 13.8. The zero-order chi connectivity index (χ0) is 21.7. The molecule has 2 aromatic carbocycles. The van der Waals surface area contributed by atoms with Crippen molar-refractivity contribution in [1.82, 2.24) is 14.7 Å². The summed E-state index contributed by atoms with van der Waals surface area (Å²) >= 11 is 0. The number of carboxylic acids is 1. The van der Waals surface area contributed by atoms with Gasteiger partial charge in [-0.1, -0.05) is 12.1 Å². The van der Waals surface area contributed by atoms with Gasteiger partial charge in [0.05, 0.1) is 5.56 Å². The molecular weight excluding hydrogens is 397 g/mol. The van der Waals surface area contributed by atoms with E-state index in [-0.39, 0.29) is 17.3 Å². The predicted molar refractivity (Wildman–Crippen MR) is 112 cm³/mol. The quantitative estimate of drug-likeness (QED) is 0.702. The van der Waals surface area contributed by atoms with Gasteiger partial charge < -0.3 is 10.0 Å². The molecule has 0 atom stereocenters. The standard InChI is InChI=1S/C24H22FN3O3/c1-14-5-8-21(19(25)11-14)28-20-4-2-3-18(20)22(26-28)23(29)27-10-9-15-6-7-16(24(30)31)12-17(15)13-27/h5-8,11-12H,2-4,9-10,13H2,1H3,(H,30,31). The summed E-state index contributed by atoms with van der Waals surface area (Å²) in [5.74, 6) is -1.52. The second-order valence-corrected chi connectivity index (χ2v) is 8.26. The zero-order valence-corrected chi connectivity index (χ0v) is 17.2. The van der Waals surface area contributed by atoms with Crippen molar-refractivity contribution in [2.75, 3.05) is 6.54 Å². The van der Waals surface area contributed by atoms with E-state index in [0.717, 1.165) is 47.2 Å². The predicted octanol–water partition coefficient (Wildman–Crippen LogP) is 3.71. The lowest BCUT2D eigenvalue weighted by Gasteiger charge is -2.28. The third kappa shape index (κ3) is 3.30. The van der Waals surface area contributed by atoms with Crippen LogP contribution in [0.25, 0.3) is 5.69 Å². The second kappa shape index (κ2) is 7.34. The Kier molecular flexibility index (Phi) is 4.61. The van der Waals surface area contributed by atoms with E-state index in [2.05, 4.69) is 5.10 Å². The number of carbonyl (C=O) groups excluding carboxylic acids is 1. The molecule has 0 saturated heterocycles. The van der Waals surface area contributed by atoms with Gasteiger partial charge in [0.2, 0.25) is 0 Å². The molecule has 0 unspecified atom stereocenters. The van der Waals surface area contributed by atoms with E-state index in [9.17, 15) is 19.1 Å². The minimum absolute atomic E-state index is 0.184. The van der Waals surface area contributed by atoms with Gasteiger partial charge in [-0.2, -0.15) is 5.10 Å². The minimum Gasteiger partial charge on any atom is -0.478 e. The van der Waals surface area contributed by atoms with Gasteiger partial charge in [-0.15, -0.1) is 0 Å². The van der Waals surface area contributed by atoms with Crippen LogP contribution in [0.2, 0.25) is 0 Å². The van der Waals surface area contributed by atoms with Crippen LogP contribution < -0.4 is 0 Å². The highest BCUT2D eigenvalue weighted by atomic mass is 19.1. The molecule has 0 bridgehead atoms. The highest BCUT2D eigenvalue weighted by Gasteiger charge is 2.31. The SMILES string of the molecule is Cc1ccc(-n2nc(C(=O)N3CCc4ccc(C(=O)O)cc4C3)c3c2CCC3)c(F)c1. The molecule has 3 aromatic rings. The summed E-state index contributed by atoms with van der Waals surface area (Å²) in [6.45, 7) is 2.72. The highest BCUT2D eigenvalue weighted by Crippen LogP contribution is 2.31. The number of hydrogen-bond acceptors (Lipinski definition) is 3. The Morgan fingerprint density at radius 2 is 1.90 bits per heavy atom. The van der Waals surface area contributed by atoms with E-state index >= 15 is 0 Å². The average molecular weight is 419 g/mol. The van der Waals surface area contributed by atoms with E-state index in [1.54, 1.807) is 27.8 Å². The van der Waals surface area contributed by atoms with Gasteiger partial charge >= 0.3 is 5.97 Å². The number of carboxylic acid groups (broad SMARTS) is 1. The van der Waals surface area contributed by atoms with Gasteiger partial charge in [0.1, 0.15) is 11.5 Å². The van der Waals surface area contributed by atoms with Crippen molar-refractivity contribution < 1.29 is 19.1 Å². The minimum atomic E-state index is -0.983. The fourth-order valence-corrected chi connectivity index (χ4v) is 4.61. The molecule has 0 spiro atoms. The molecule has 0 radical (unpaired) electrons. The Morgan fingerprint density at radius 1 is 1.06 bits per heavy atom. The van der Waals surface area contributed by atoms with Crippen LogP contribution in [-0.2, 0) is 25.8 Å². The molecule has 1 aliphatic carbocycles. The largest absolute Gasteiger partial charge is 0.478 e. The molecule has 6 nitrogen and oxygen atoms in total. The number of hydrogen-bond donors (Lipinski definition) is 1.